The Morgan fingerprint density at radius 2 is 2.00 bits per heavy atom. The number of para-hydroxylation sites is 1. The summed E-state index contributed by atoms with van der Waals surface area (Å²) in [5.74, 6) is -0.564. The Balaban J connectivity index is 1.93. The number of benzene rings is 2. The smallest absolute Gasteiger partial charge is 0.271 e. The lowest BCUT2D eigenvalue weighted by Gasteiger charge is -2.15. The van der Waals surface area contributed by atoms with E-state index in [2.05, 4.69) is 10.5 Å². The SMILES string of the molecule is CON(C)S(=O)(=O)c1cc(C(=O)N/N=c2\sc3ccccc3n2C)ccc1Cl. The van der Waals surface area contributed by atoms with E-state index in [1.54, 1.807) is 0 Å². The Bertz CT molecular complexity index is 1220. The number of fused-ring (bicyclic) bond motifs is 1. The van der Waals surface area contributed by atoms with Gasteiger partial charge in [0.15, 0.2) is 0 Å². The molecular weight excluding hydrogens is 424 g/mol. The largest absolute Gasteiger partial charge is 0.318 e. The van der Waals surface area contributed by atoms with E-state index in [1.165, 1.54) is 43.7 Å². The van der Waals surface area contributed by atoms with Crippen molar-refractivity contribution in [2.75, 3.05) is 14.2 Å². The van der Waals surface area contributed by atoms with Gasteiger partial charge < -0.3 is 4.57 Å². The molecule has 1 aromatic heterocycles. The summed E-state index contributed by atoms with van der Waals surface area (Å²) < 4.78 is 28.4. The number of carbonyl (C=O) groups excluding carboxylic acids is 1. The number of hydroxylamine groups is 1. The van der Waals surface area contributed by atoms with Crippen LogP contribution < -0.4 is 10.2 Å². The normalized spacial score (nSPS) is 12.7. The molecule has 1 heterocycles. The Morgan fingerprint density at radius 3 is 2.68 bits per heavy atom. The van der Waals surface area contributed by atoms with Gasteiger partial charge in [-0.25, -0.2) is 13.8 Å². The Hall–Kier alpha value is -2.24. The fourth-order valence-corrected chi connectivity index (χ4v) is 4.88. The van der Waals surface area contributed by atoms with Crippen molar-refractivity contribution in [3.8, 4) is 0 Å². The number of nitrogens with one attached hydrogen (secondary N) is 1. The summed E-state index contributed by atoms with van der Waals surface area (Å²) in [6, 6.07) is 11.7. The minimum Gasteiger partial charge on any atom is -0.318 e. The number of carbonyl (C=O) groups is 1. The summed E-state index contributed by atoms with van der Waals surface area (Å²) in [5.41, 5.74) is 3.54. The van der Waals surface area contributed by atoms with Crippen LogP contribution in [-0.2, 0) is 21.9 Å². The van der Waals surface area contributed by atoms with E-state index in [1.807, 2.05) is 35.9 Å². The third kappa shape index (κ3) is 3.82. The van der Waals surface area contributed by atoms with Crippen LogP contribution >= 0.6 is 22.9 Å². The summed E-state index contributed by atoms with van der Waals surface area (Å²) in [5, 5.41) is 4.13. The van der Waals surface area contributed by atoms with E-state index in [-0.39, 0.29) is 15.5 Å². The number of aryl methyl sites for hydroxylation is 1. The minimum atomic E-state index is -4.00. The summed E-state index contributed by atoms with van der Waals surface area (Å²) in [6.45, 7) is 0. The number of sulfonamides is 1. The van der Waals surface area contributed by atoms with Crippen molar-refractivity contribution >= 4 is 49.1 Å². The second kappa shape index (κ2) is 8.02. The summed E-state index contributed by atoms with van der Waals surface area (Å²) in [6.07, 6.45) is 0. The van der Waals surface area contributed by atoms with E-state index < -0.39 is 15.9 Å². The number of amides is 1. The van der Waals surface area contributed by atoms with Gasteiger partial charge in [-0.2, -0.15) is 0 Å². The molecule has 148 valence electrons. The Kier molecular flexibility index (Phi) is 5.87. The highest BCUT2D eigenvalue weighted by Crippen LogP contribution is 2.25. The van der Waals surface area contributed by atoms with Crippen LogP contribution in [0.3, 0.4) is 0 Å². The zero-order chi connectivity index (χ0) is 20.5. The first-order valence-electron chi connectivity index (χ1n) is 7.97. The van der Waals surface area contributed by atoms with Gasteiger partial charge in [0.05, 0.1) is 22.3 Å². The maximum atomic E-state index is 12.5. The van der Waals surface area contributed by atoms with E-state index in [4.69, 9.17) is 16.4 Å². The zero-order valence-corrected chi connectivity index (χ0v) is 17.6. The van der Waals surface area contributed by atoms with Crippen molar-refractivity contribution in [2.45, 2.75) is 4.90 Å². The molecule has 2 aromatic carbocycles. The highest BCUT2D eigenvalue weighted by molar-refractivity contribution is 7.89. The maximum Gasteiger partial charge on any atom is 0.271 e. The van der Waals surface area contributed by atoms with Gasteiger partial charge in [-0.1, -0.05) is 39.5 Å². The van der Waals surface area contributed by atoms with Crippen LogP contribution in [0.1, 0.15) is 10.4 Å². The lowest BCUT2D eigenvalue weighted by Crippen LogP contribution is -2.27. The first kappa shape index (κ1) is 20.5. The van der Waals surface area contributed by atoms with Crippen molar-refractivity contribution in [1.82, 2.24) is 14.5 Å². The van der Waals surface area contributed by atoms with Crippen LogP contribution in [0.25, 0.3) is 10.2 Å². The van der Waals surface area contributed by atoms with E-state index in [0.29, 0.717) is 9.27 Å². The third-order valence-electron chi connectivity index (χ3n) is 4.03. The van der Waals surface area contributed by atoms with Crippen LogP contribution in [-0.4, -0.2) is 37.5 Å². The monoisotopic (exact) mass is 440 g/mol. The molecule has 0 fully saturated rings. The minimum absolute atomic E-state index is 0.0201. The molecule has 0 atom stereocenters. The molecule has 1 N–H and O–H groups in total. The van der Waals surface area contributed by atoms with E-state index in [0.717, 1.165) is 10.2 Å². The lowest BCUT2D eigenvalue weighted by molar-refractivity contribution is -0.0258. The summed E-state index contributed by atoms with van der Waals surface area (Å²) >= 11 is 7.43. The molecule has 0 aliphatic heterocycles. The van der Waals surface area contributed by atoms with Gasteiger partial charge in [0.1, 0.15) is 4.90 Å². The molecule has 3 rings (SSSR count). The third-order valence-corrected chi connectivity index (χ3v) is 7.31. The van der Waals surface area contributed by atoms with Crippen LogP contribution in [0.4, 0.5) is 0 Å². The second-order valence-electron chi connectivity index (χ2n) is 5.71. The lowest BCUT2D eigenvalue weighted by atomic mass is 10.2. The average Bonchev–Trinajstić information content (AvgIpc) is 3.01. The molecule has 0 aliphatic rings. The average molecular weight is 441 g/mol. The topological polar surface area (TPSA) is 93.0 Å². The molecule has 3 aromatic rings. The quantitative estimate of drug-likeness (QED) is 0.616. The van der Waals surface area contributed by atoms with Crippen LogP contribution in [0.5, 0.6) is 0 Å². The van der Waals surface area contributed by atoms with Crippen LogP contribution in [0.15, 0.2) is 52.5 Å². The molecule has 0 radical (unpaired) electrons. The van der Waals surface area contributed by atoms with Gasteiger partial charge >= 0.3 is 0 Å². The fraction of sp³-hybridized carbons (Fsp3) is 0.176. The predicted molar refractivity (Wildman–Crippen MR) is 107 cm³/mol. The zero-order valence-electron chi connectivity index (χ0n) is 15.2. The van der Waals surface area contributed by atoms with Crippen LogP contribution in [0.2, 0.25) is 5.02 Å². The van der Waals surface area contributed by atoms with Crippen molar-refractivity contribution in [2.24, 2.45) is 12.1 Å². The predicted octanol–water partition coefficient (Wildman–Crippen LogP) is 2.32. The highest BCUT2D eigenvalue weighted by Gasteiger charge is 2.25. The van der Waals surface area contributed by atoms with Gasteiger partial charge in [0, 0.05) is 19.7 Å². The molecule has 0 aliphatic carbocycles. The van der Waals surface area contributed by atoms with Crippen molar-refractivity contribution in [3.05, 3.63) is 57.9 Å². The second-order valence-corrected chi connectivity index (χ2v) is 9.03. The number of hydrogen-bond donors (Lipinski definition) is 1. The molecule has 11 heteroatoms. The molecule has 0 bridgehead atoms. The van der Waals surface area contributed by atoms with Crippen molar-refractivity contribution in [1.29, 1.82) is 0 Å². The van der Waals surface area contributed by atoms with Crippen molar-refractivity contribution < 1.29 is 18.0 Å². The van der Waals surface area contributed by atoms with E-state index in [9.17, 15) is 13.2 Å². The number of hydrogen-bond acceptors (Lipinski definition) is 6. The molecule has 8 nitrogen and oxygen atoms in total. The number of thiazole rings is 1. The van der Waals surface area contributed by atoms with Crippen molar-refractivity contribution in [3.63, 3.8) is 0 Å². The number of nitrogens with zero attached hydrogens (tertiary/aromatic N) is 3. The van der Waals surface area contributed by atoms with Gasteiger partial charge in [0.2, 0.25) is 4.80 Å². The molecule has 0 saturated heterocycles. The number of halogens is 1. The number of aromatic nitrogens is 1. The van der Waals surface area contributed by atoms with Gasteiger partial charge in [0.25, 0.3) is 15.9 Å². The maximum absolute atomic E-state index is 12.5. The van der Waals surface area contributed by atoms with Gasteiger partial charge in [-0.15, -0.1) is 5.10 Å². The van der Waals surface area contributed by atoms with Gasteiger partial charge in [-0.3, -0.25) is 9.63 Å². The first-order chi connectivity index (χ1) is 13.3. The first-order valence-corrected chi connectivity index (χ1v) is 10.6. The molecule has 28 heavy (non-hydrogen) atoms. The molecular formula is C17H17ClN4O4S2. The molecule has 0 spiro atoms. The number of rotatable bonds is 5. The molecule has 1 amide bonds. The van der Waals surface area contributed by atoms with E-state index >= 15 is 0 Å². The summed E-state index contributed by atoms with van der Waals surface area (Å²) in [7, 11) is 0.290. The molecule has 0 saturated carbocycles. The Morgan fingerprint density at radius 1 is 1.29 bits per heavy atom. The van der Waals surface area contributed by atoms with Crippen LogP contribution in [0, 0.1) is 0 Å². The molecule has 0 unspecified atom stereocenters. The summed E-state index contributed by atoms with van der Waals surface area (Å²) in [4.78, 5) is 17.6. The highest BCUT2D eigenvalue weighted by atomic mass is 35.5. The van der Waals surface area contributed by atoms with Gasteiger partial charge in [-0.05, 0) is 30.3 Å². The fourth-order valence-electron chi connectivity index (χ4n) is 2.43. The Labute approximate surface area is 170 Å². The standard InChI is InChI=1S/C17H17ClN4O4S2/c1-21-13-6-4-5-7-14(13)27-17(21)20-19-16(23)11-8-9-12(18)15(10-11)28(24,25)22(2)26-3/h4-10H,1-3H3,(H,19,23)/b20-17-.